The van der Waals surface area contributed by atoms with E-state index in [4.69, 9.17) is 9.47 Å². The third kappa shape index (κ3) is 4.47. The van der Waals surface area contributed by atoms with Gasteiger partial charge in [0.1, 0.15) is 18.1 Å². The maximum atomic E-state index is 12.0. The van der Waals surface area contributed by atoms with Crippen molar-refractivity contribution >= 4 is 11.6 Å². The van der Waals surface area contributed by atoms with Crippen LogP contribution >= 0.6 is 0 Å². The van der Waals surface area contributed by atoms with Gasteiger partial charge in [0.2, 0.25) is 0 Å². The molecule has 1 aromatic heterocycles. The number of carbonyl (C=O) groups excluding carboxylic acids is 1. The third-order valence-corrected chi connectivity index (χ3v) is 2.65. The quantitative estimate of drug-likeness (QED) is 0.795. The lowest BCUT2D eigenvalue weighted by atomic mass is 10.2. The van der Waals surface area contributed by atoms with Gasteiger partial charge in [-0.15, -0.1) is 0 Å². The molecule has 0 radical (unpaired) electrons. The number of anilines is 1. The largest absolute Gasteiger partial charge is 0.506 e. The first-order valence-electron chi connectivity index (χ1n) is 6.36. The highest BCUT2D eigenvalue weighted by molar-refractivity contribution is 6.04. The van der Waals surface area contributed by atoms with Crippen LogP contribution in [0.15, 0.2) is 42.7 Å². The second-order valence-electron chi connectivity index (χ2n) is 4.25. The van der Waals surface area contributed by atoms with Crippen LogP contribution in [0.2, 0.25) is 0 Å². The zero-order valence-electron chi connectivity index (χ0n) is 11.6. The first-order valence-corrected chi connectivity index (χ1v) is 6.36. The number of amides is 1. The summed E-state index contributed by atoms with van der Waals surface area (Å²) in [6, 6.07) is 8.33. The Kier molecular flexibility index (Phi) is 5.11. The molecule has 2 aromatic rings. The van der Waals surface area contributed by atoms with E-state index in [1.54, 1.807) is 31.4 Å². The fourth-order valence-electron chi connectivity index (χ4n) is 1.63. The summed E-state index contributed by atoms with van der Waals surface area (Å²) in [7, 11) is 1.61. The number of carbonyl (C=O) groups is 1. The van der Waals surface area contributed by atoms with Crippen LogP contribution in [0.1, 0.15) is 10.4 Å². The van der Waals surface area contributed by atoms with Crippen LogP contribution in [0.5, 0.6) is 11.5 Å². The van der Waals surface area contributed by atoms with Gasteiger partial charge in [0, 0.05) is 19.0 Å². The Balaban J connectivity index is 1.95. The van der Waals surface area contributed by atoms with E-state index in [1.165, 1.54) is 18.5 Å². The lowest BCUT2D eigenvalue weighted by Crippen LogP contribution is -2.12. The molecule has 0 unspecified atom stereocenters. The number of pyridine rings is 1. The summed E-state index contributed by atoms with van der Waals surface area (Å²) in [4.78, 5) is 15.7. The molecule has 0 fully saturated rings. The van der Waals surface area contributed by atoms with Crippen LogP contribution in [0.3, 0.4) is 0 Å². The molecule has 1 amide bonds. The standard InChI is InChI=1S/C15H16N2O4/c1-20-6-7-21-14-4-2-12(3-5-14)17-15(19)11-8-13(18)10-16-9-11/h2-5,8-10,18H,6-7H2,1H3,(H,17,19). The molecule has 0 spiro atoms. The molecule has 0 saturated carbocycles. The summed E-state index contributed by atoms with van der Waals surface area (Å²) in [6.07, 6.45) is 2.65. The maximum absolute atomic E-state index is 12.0. The Morgan fingerprint density at radius 2 is 2.00 bits per heavy atom. The molecular weight excluding hydrogens is 272 g/mol. The van der Waals surface area contributed by atoms with E-state index in [-0.39, 0.29) is 17.2 Å². The van der Waals surface area contributed by atoms with Crippen LogP contribution in [-0.4, -0.2) is 36.3 Å². The highest BCUT2D eigenvalue weighted by Crippen LogP contribution is 2.17. The topological polar surface area (TPSA) is 80.7 Å². The van der Waals surface area contributed by atoms with Gasteiger partial charge < -0.3 is 19.9 Å². The van der Waals surface area contributed by atoms with E-state index in [2.05, 4.69) is 10.3 Å². The first-order chi connectivity index (χ1) is 10.2. The van der Waals surface area contributed by atoms with Crippen molar-refractivity contribution in [3.63, 3.8) is 0 Å². The van der Waals surface area contributed by atoms with Crippen molar-refractivity contribution in [2.45, 2.75) is 0 Å². The normalized spacial score (nSPS) is 10.1. The third-order valence-electron chi connectivity index (χ3n) is 2.65. The number of nitrogens with one attached hydrogen (secondary N) is 1. The predicted molar refractivity (Wildman–Crippen MR) is 77.7 cm³/mol. The summed E-state index contributed by atoms with van der Waals surface area (Å²) in [5, 5.41) is 12.0. The van der Waals surface area contributed by atoms with E-state index in [0.29, 0.717) is 24.7 Å². The number of ether oxygens (including phenoxy) is 2. The maximum Gasteiger partial charge on any atom is 0.257 e. The molecule has 2 N–H and O–H groups in total. The number of hydrogen-bond acceptors (Lipinski definition) is 5. The molecule has 1 heterocycles. The number of rotatable bonds is 6. The fraction of sp³-hybridized carbons (Fsp3) is 0.200. The molecule has 21 heavy (non-hydrogen) atoms. The summed E-state index contributed by atoms with van der Waals surface area (Å²) >= 11 is 0. The number of methoxy groups -OCH3 is 1. The van der Waals surface area contributed by atoms with E-state index in [1.807, 2.05) is 0 Å². The first kappa shape index (κ1) is 14.8. The van der Waals surface area contributed by atoms with Gasteiger partial charge in [-0.25, -0.2) is 0 Å². The van der Waals surface area contributed by atoms with Gasteiger partial charge in [0.15, 0.2) is 0 Å². The summed E-state index contributed by atoms with van der Waals surface area (Å²) in [5.74, 6) is 0.306. The molecule has 0 saturated heterocycles. The Labute approximate surface area is 122 Å². The zero-order chi connectivity index (χ0) is 15.1. The van der Waals surface area contributed by atoms with Gasteiger partial charge in [-0.3, -0.25) is 9.78 Å². The van der Waals surface area contributed by atoms with Gasteiger partial charge in [-0.05, 0) is 30.3 Å². The molecule has 0 aliphatic rings. The van der Waals surface area contributed by atoms with Crippen molar-refractivity contribution in [1.82, 2.24) is 4.98 Å². The molecule has 1 aromatic carbocycles. The monoisotopic (exact) mass is 288 g/mol. The van der Waals surface area contributed by atoms with Crippen LogP contribution in [0, 0.1) is 0 Å². The second-order valence-corrected chi connectivity index (χ2v) is 4.25. The van der Waals surface area contributed by atoms with Gasteiger partial charge in [-0.1, -0.05) is 0 Å². The molecule has 0 bridgehead atoms. The second kappa shape index (κ2) is 7.25. The van der Waals surface area contributed by atoms with Gasteiger partial charge >= 0.3 is 0 Å². The van der Waals surface area contributed by atoms with Crippen LogP contribution in [-0.2, 0) is 4.74 Å². The van der Waals surface area contributed by atoms with Crippen molar-refractivity contribution in [3.05, 3.63) is 48.3 Å². The Bertz CT molecular complexity index is 599. The van der Waals surface area contributed by atoms with Gasteiger partial charge in [0.05, 0.1) is 18.4 Å². The van der Waals surface area contributed by atoms with Crippen molar-refractivity contribution < 1.29 is 19.4 Å². The molecule has 0 aliphatic carbocycles. The minimum absolute atomic E-state index is 0.0514. The Morgan fingerprint density at radius 3 is 2.67 bits per heavy atom. The Morgan fingerprint density at radius 1 is 1.24 bits per heavy atom. The minimum Gasteiger partial charge on any atom is -0.506 e. The zero-order valence-corrected chi connectivity index (χ0v) is 11.6. The van der Waals surface area contributed by atoms with Crippen molar-refractivity contribution in [2.24, 2.45) is 0 Å². The van der Waals surface area contributed by atoms with Crippen molar-refractivity contribution in [1.29, 1.82) is 0 Å². The number of nitrogens with zero attached hydrogens (tertiary/aromatic N) is 1. The average molecular weight is 288 g/mol. The smallest absolute Gasteiger partial charge is 0.257 e. The molecule has 0 atom stereocenters. The molecule has 0 aliphatic heterocycles. The van der Waals surface area contributed by atoms with E-state index < -0.39 is 0 Å². The molecule has 6 heteroatoms. The van der Waals surface area contributed by atoms with E-state index in [9.17, 15) is 9.90 Å². The lowest BCUT2D eigenvalue weighted by Gasteiger charge is -2.08. The minimum atomic E-state index is -0.341. The molecule has 110 valence electrons. The average Bonchev–Trinajstić information content (AvgIpc) is 2.49. The predicted octanol–water partition coefficient (Wildman–Crippen LogP) is 2.06. The fourth-order valence-corrected chi connectivity index (χ4v) is 1.63. The van der Waals surface area contributed by atoms with Crippen LogP contribution in [0.4, 0.5) is 5.69 Å². The number of benzene rings is 1. The SMILES string of the molecule is COCCOc1ccc(NC(=O)c2cncc(O)c2)cc1. The summed E-state index contributed by atoms with van der Waals surface area (Å²) < 4.78 is 10.3. The van der Waals surface area contributed by atoms with Gasteiger partial charge in [0.25, 0.3) is 5.91 Å². The van der Waals surface area contributed by atoms with Crippen molar-refractivity contribution in [3.8, 4) is 11.5 Å². The Hall–Kier alpha value is -2.60. The highest BCUT2D eigenvalue weighted by atomic mass is 16.5. The number of aromatic hydroxyl groups is 1. The van der Waals surface area contributed by atoms with Crippen LogP contribution < -0.4 is 10.1 Å². The molecular formula is C15H16N2O4. The number of aromatic nitrogens is 1. The molecule has 2 rings (SSSR count). The lowest BCUT2D eigenvalue weighted by molar-refractivity contribution is 0.102. The summed E-state index contributed by atoms with van der Waals surface area (Å²) in [6.45, 7) is 0.986. The van der Waals surface area contributed by atoms with Crippen molar-refractivity contribution in [2.75, 3.05) is 25.6 Å². The summed E-state index contributed by atoms with van der Waals surface area (Å²) in [5.41, 5.74) is 0.915. The highest BCUT2D eigenvalue weighted by Gasteiger charge is 2.07. The molecule has 6 nitrogen and oxygen atoms in total. The van der Waals surface area contributed by atoms with E-state index in [0.717, 1.165) is 0 Å². The number of hydrogen-bond donors (Lipinski definition) is 2. The van der Waals surface area contributed by atoms with Crippen LogP contribution in [0.25, 0.3) is 0 Å². The van der Waals surface area contributed by atoms with E-state index >= 15 is 0 Å². The van der Waals surface area contributed by atoms with Gasteiger partial charge in [-0.2, -0.15) is 0 Å².